The molecule has 0 aliphatic carbocycles. The van der Waals surface area contributed by atoms with Crippen molar-refractivity contribution in [3.8, 4) is 0 Å². The summed E-state index contributed by atoms with van der Waals surface area (Å²) >= 11 is 1.74. The van der Waals surface area contributed by atoms with Crippen molar-refractivity contribution >= 4 is 41.3 Å². The van der Waals surface area contributed by atoms with Gasteiger partial charge in [-0.3, -0.25) is 4.99 Å². The van der Waals surface area contributed by atoms with Crippen molar-refractivity contribution in [1.82, 2.24) is 10.6 Å². The molecule has 0 unspecified atom stereocenters. The van der Waals surface area contributed by atoms with Gasteiger partial charge in [0.2, 0.25) is 0 Å². The van der Waals surface area contributed by atoms with Crippen LogP contribution in [0.2, 0.25) is 0 Å². The maximum Gasteiger partial charge on any atom is 0.191 e. The number of nitrogens with one attached hydrogen (secondary N) is 2. The van der Waals surface area contributed by atoms with E-state index in [0.717, 1.165) is 25.7 Å². The minimum atomic E-state index is 0. The van der Waals surface area contributed by atoms with Gasteiger partial charge in [-0.05, 0) is 17.4 Å². The lowest BCUT2D eigenvalue weighted by Gasteiger charge is -2.12. The maximum atomic E-state index is 5.50. The van der Waals surface area contributed by atoms with Gasteiger partial charge in [-0.15, -0.1) is 35.3 Å². The highest BCUT2D eigenvalue weighted by Crippen LogP contribution is 2.06. The van der Waals surface area contributed by atoms with E-state index in [1.165, 1.54) is 4.88 Å². The third-order valence-electron chi connectivity index (χ3n) is 2.22. The van der Waals surface area contributed by atoms with Gasteiger partial charge in [0, 0.05) is 25.1 Å². The summed E-state index contributed by atoms with van der Waals surface area (Å²) in [5.41, 5.74) is 0. The molecule has 0 aromatic carbocycles. The van der Waals surface area contributed by atoms with Crippen LogP contribution in [0.4, 0.5) is 0 Å². The summed E-state index contributed by atoms with van der Waals surface area (Å²) < 4.78 is 5.50. The Labute approximate surface area is 137 Å². The van der Waals surface area contributed by atoms with Crippen molar-refractivity contribution in [3.63, 3.8) is 0 Å². The summed E-state index contributed by atoms with van der Waals surface area (Å²) in [7, 11) is 1.78. The van der Waals surface area contributed by atoms with Crippen LogP contribution in [0.1, 0.15) is 18.7 Å². The predicted octanol–water partition coefficient (Wildman–Crippen LogP) is 2.70. The fourth-order valence-electron chi connectivity index (χ4n) is 1.37. The van der Waals surface area contributed by atoms with E-state index in [9.17, 15) is 0 Å². The summed E-state index contributed by atoms with van der Waals surface area (Å²) in [6.07, 6.45) is 0. The van der Waals surface area contributed by atoms with Gasteiger partial charge in [0.05, 0.1) is 13.2 Å². The number of halogens is 1. The first-order chi connectivity index (χ1) is 8.72. The first kappa shape index (κ1) is 18.7. The topological polar surface area (TPSA) is 45.7 Å². The van der Waals surface area contributed by atoms with Crippen LogP contribution in [-0.4, -0.2) is 32.8 Å². The summed E-state index contributed by atoms with van der Waals surface area (Å²) in [6.45, 7) is 7.39. The quantitative estimate of drug-likeness (QED) is 0.322. The van der Waals surface area contributed by atoms with Crippen LogP contribution >= 0.6 is 35.3 Å². The van der Waals surface area contributed by atoms with Gasteiger partial charge in [0.15, 0.2) is 5.96 Å². The molecule has 0 aliphatic heterocycles. The highest BCUT2D eigenvalue weighted by molar-refractivity contribution is 14.0. The third kappa shape index (κ3) is 9.23. The normalized spacial score (nSPS) is 11.3. The number of nitrogens with zero attached hydrogens (tertiary/aromatic N) is 1. The molecule has 0 aliphatic rings. The summed E-state index contributed by atoms with van der Waals surface area (Å²) in [5.74, 6) is 1.40. The van der Waals surface area contributed by atoms with Crippen LogP contribution in [0.25, 0.3) is 0 Å². The first-order valence-electron chi connectivity index (χ1n) is 6.27. The van der Waals surface area contributed by atoms with Crippen LogP contribution in [0.5, 0.6) is 0 Å². The molecule has 0 fully saturated rings. The molecule has 0 amide bonds. The highest BCUT2D eigenvalue weighted by Gasteiger charge is 1.99. The van der Waals surface area contributed by atoms with E-state index < -0.39 is 0 Å². The zero-order valence-electron chi connectivity index (χ0n) is 11.8. The Morgan fingerprint density at radius 1 is 1.42 bits per heavy atom. The predicted molar refractivity (Wildman–Crippen MR) is 93.6 cm³/mol. The van der Waals surface area contributed by atoms with Gasteiger partial charge in [0.1, 0.15) is 0 Å². The van der Waals surface area contributed by atoms with E-state index in [4.69, 9.17) is 4.74 Å². The average molecular weight is 397 g/mol. The van der Waals surface area contributed by atoms with Crippen molar-refractivity contribution in [2.75, 3.05) is 26.8 Å². The molecule has 1 aromatic rings. The molecule has 4 nitrogen and oxygen atoms in total. The van der Waals surface area contributed by atoms with Crippen molar-refractivity contribution in [2.24, 2.45) is 10.9 Å². The van der Waals surface area contributed by atoms with Crippen LogP contribution in [0, 0.1) is 5.92 Å². The fraction of sp³-hybridized carbons (Fsp3) is 0.615. The Morgan fingerprint density at radius 3 is 2.79 bits per heavy atom. The van der Waals surface area contributed by atoms with Gasteiger partial charge in [-0.1, -0.05) is 19.9 Å². The lowest BCUT2D eigenvalue weighted by atomic mass is 10.2. The number of guanidine groups is 1. The Kier molecular flexibility index (Phi) is 11.3. The molecule has 0 saturated carbocycles. The fourth-order valence-corrected chi connectivity index (χ4v) is 2.01. The number of hydrogen-bond donors (Lipinski definition) is 2. The van der Waals surface area contributed by atoms with Crippen LogP contribution < -0.4 is 10.6 Å². The standard InChI is InChI=1S/C13H23N3OS.HI/c1-11(2)10-17-7-6-15-13(14-3)16-9-12-5-4-8-18-12;/h4-5,8,11H,6-7,9-10H2,1-3H3,(H2,14,15,16);1H. The molecular formula is C13H24IN3OS. The molecule has 19 heavy (non-hydrogen) atoms. The van der Waals surface area contributed by atoms with E-state index in [1.54, 1.807) is 18.4 Å². The number of hydrogen-bond acceptors (Lipinski definition) is 3. The zero-order chi connectivity index (χ0) is 13.2. The van der Waals surface area contributed by atoms with Crippen LogP contribution in [-0.2, 0) is 11.3 Å². The molecule has 1 heterocycles. The molecule has 2 N–H and O–H groups in total. The maximum absolute atomic E-state index is 5.50. The third-order valence-corrected chi connectivity index (χ3v) is 3.10. The number of thiophene rings is 1. The van der Waals surface area contributed by atoms with E-state index in [2.05, 4.69) is 47.0 Å². The molecule has 1 aromatic heterocycles. The monoisotopic (exact) mass is 397 g/mol. The van der Waals surface area contributed by atoms with Crippen molar-refractivity contribution in [3.05, 3.63) is 22.4 Å². The molecule has 0 saturated heterocycles. The van der Waals surface area contributed by atoms with E-state index in [-0.39, 0.29) is 24.0 Å². The van der Waals surface area contributed by atoms with Crippen molar-refractivity contribution in [2.45, 2.75) is 20.4 Å². The number of rotatable bonds is 7. The van der Waals surface area contributed by atoms with Gasteiger partial charge in [0.25, 0.3) is 0 Å². The molecule has 0 radical (unpaired) electrons. The lowest BCUT2D eigenvalue weighted by molar-refractivity contribution is 0.114. The van der Waals surface area contributed by atoms with Gasteiger partial charge >= 0.3 is 0 Å². The summed E-state index contributed by atoms with van der Waals surface area (Å²) in [4.78, 5) is 5.46. The van der Waals surface area contributed by atoms with Crippen molar-refractivity contribution < 1.29 is 4.74 Å². The second-order valence-corrected chi connectivity index (χ2v) is 5.43. The second-order valence-electron chi connectivity index (χ2n) is 4.40. The summed E-state index contributed by atoms with van der Waals surface area (Å²) in [5, 5.41) is 8.57. The van der Waals surface area contributed by atoms with Gasteiger partial charge in [-0.25, -0.2) is 0 Å². The SMILES string of the molecule is CN=C(NCCOCC(C)C)NCc1cccs1.I. The zero-order valence-corrected chi connectivity index (χ0v) is 15.0. The Morgan fingerprint density at radius 2 is 2.21 bits per heavy atom. The lowest BCUT2D eigenvalue weighted by Crippen LogP contribution is -2.38. The Hall–Kier alpha value is -0.340. The first-order valence-corrected chi connectivity index (χ1v) is 7.15. The minimum Gasteiger partial charge on any atom is -0.379 e. The van der Waals surface area contributed by atoms with E-state index >= 15 is 0 Å². The Bertz CT molecular complexity index is 342. The molecule has 0 atom stereocenters. The minimum absolute atomic E-state index is 0. The molecule has 0 bridgehead atoms. The molecule has 1 rings (SSSR count). The van der Waals surface area contributed by atoms with Crippen molar-refractivity contribution in [1.29, 1.82) is 0 Å². The van der Waals surface area contributed by atoms with Crippen LogP contribution in [0.15, 0.2) is 22.5 Å². The molecule has 110 valence electrons. The average Bonchev–Trinajstić information content (AvgIpc) is 2.85. The van der Waals surface area contributed by atoms with Gasteiger partial charge in [-0.2, -0.15) is 0 Å². The molecule has 6 heteroatoms. The smallest absolute Gasteiger partial charge is 0.191 e. The second kappa shape index (κ2) is 11.5. The molecular weight excluding hydrogens is 373 g/mol. The number of ether oxygens (including phenoxy) is 1. The van der Waals surface area contributed by atoms with E-state index in [0.29, 0.717) is 12.5 Å². The number of aliphatic imine (C=N–C) groups is 1. The van der Waals surface area contributed by atoms with Crippen LogP contribution in [0.3, 0.4) is 0 Å². The highest BCUT2D eigenvalue weighted by atomic mass is 127. The molecule has 0 spiro atoms. The largest absolute Gasteiger partial charge is 0.379 e. The Balaban J connectivity index is 0.00000324. The van der Waals surface area contributed by atoms with Gasteiger partial charge < -0.3 is 15.4 Å². The van der Waals surface area contributed by atoms with E-state index in [1.807, 2.05) is 0 Å². The summed E-state index contributed by atoms with van der Waals surface area (Å²) in [6, 6.07) is 4.16.